The maximum absolute atomic E-state index is 8.23. The summed E-state index contributed by atoms with van der Waals surface area (Å²) in [5.74, 6) is 0. The number of hydrogen-bond donors (Lipinski definition) is 0. The summed E-state index contributed by atoms with van der Waals surface area (Å²) in [6.45, 7) is 10.0. The SMILES string of the molecule is CC.CCCCC(C)(C)OC#N. The molecule has 2 nitrogen and oxygen atoms in total. The van der Waals surface area contributed by atoms with Crippen LogP contribution in [-0.4, -0.2) is 5.60 Å². The lowest BCUT2D eigenvalue weighted by Crippen LogP contribution is -2.21. The molecule has 0 amide bonds. The van der Waals surface area contributed by atoms with Crippen molar-refractivity contribution < 1.29 is 4.74 Å². The van der Waals surface area contributed by atoms with Crippen LogP contribution in [0.2, 0.25) is 0 Å². The molecule has 72 valence electrons. The lowest BCUT2D eigenvalue weighted by molar-refractivity contribution is 0.0613. The van der Waals surface area contributed by atoms with E-state index in [4.69, 9.17) is 10.00 Å². The summed E-state index contributed by atoms with van der Waals surface area (Å²) < 4.78 is 4.84. The standard InChI is InChI=1S/C8H15NO.C2H6/c1-4-5-6-8(2,3)10-7-9;1-2/h4-6H2,1-3H3;1-2H3. The summed E-state index contributed by atoms with van der Waals surface area (Å²) >= 11 is 0. The topological polar surface area (TPSA) is 33.0 Å². The van der Waals surface area contributed by atoms with E-state index < -0.39 is 0 Å². The van der Waals surface area contributed by atoms with E-state index >= 15 is 0 Å². The lowest BCUT2D eigenvalue weighted by Gasteiger charge is -2.20. The minimum Gasteiger partial charge on any atom is -0.421 e. The van der Waals surface area contributed by atoms with Gasteiger partial charge in [-0.15, -0.1) is 0 Å². The van der Waals surface area contributed by atoms with Gasteiger partial charge in [-0.05, 0) is 26.7 Å². The molecule has 0 aliphatic carbocycles. The highest BCUT2D eigenvalue weighted by Crippen LogP contribution is 2.16. The number of rotatable bonds is 4. The van der Waals surface area contributed by atoms with E-state index in [1.54, 1.807) is 6.26 Å². The molecule has 12 heavy (non-hydrogen) atoms. The Labute approximate surface area is 76.5 Å². The van der Waals surface area contributed by atoms with Crippen LogP contribution in [-0.2, 0) is 4.74 Å². The summed E-state index contributed by atoms with van der Waals surface area (Å²) in [7, 11) is 0. The molecule has 0 aromatic heterocycles. The zero-order valence-corrected chi connectivity index (χ0v) is 8.98. The molecule has 0 aliphatic heterocycles. The average Bonchev–Trinajstić information content (AvgIpc) is 2.05. The molecule has 0 rings (SSSR count). The Hall–Kier alpha value is -0.710. The average molecular weight is 171 g/mol. The maximum Gasteiger partial charge on any atom is 0.286 e. The van der Waals surface area contributed by atoms with Crippen molar-refractivity contribution >= 4 is 0 Å². The molecular formula is C10H21NO. The van der Waals surface area contributed by atoms with Crippen molar-refractivity contribution in [3.8, 4) is 6.26 Å². The number of nitriles is 1. The summed E-state index contributed by atoms with van der Waals surface area (Å²) in [5, 5.41) is 8.23. The number of hydrogen-bond acceptors (Lipinski definition) is 2. The van der Waals surface area contributed by atoms with Crippen LogP contribution >= 0.6 is 0 Å². The molecule has 0 saturated heterocycles. The predicted octanol–water partition coefficient (Wildman–Crippen LogP) is 3.48. The van der Waals surface area contributed by atoms with Crippen LogP contribution in [0.25, 0.3) is 0 Å². The Morgan fingerprint density at radius 2 is 1.83 bits per heavy atom. The van der Waals surface area contributed by atoms with Gasteiger partial charge in [0.1, 0.15) is 5.60 Å². The summed E-state index contributed by atoms with van der Waals surface area (Å²) in [6.07, 6.45) is 4.94. The van der Waals surface area contributed by atoms with E-state index in [0.717, 1.165) is 19.3 Å². The van der Waals surface area contributed by atoms with Crippen LogP contribution in [0, 0.1) is 11.5 Å². The van der Waals surface area contributed by atoms with Crippen molar-refractivity contribution in [1.82, 2.24) is 0 Å². The first-order valence-corrected chi connectivity index (χ1v) is 4.69. The molecular weight excluding hydrogens is 150 g/mol. The zero-order valence-electron chi connectivity index (χ0n) is 8.98. The monoisotopic (exact) mass is 171 g/mol. The van der Waals surface area contributed by atoms with Gasteiger partial charge in [-0.2, -0.15) is 5.26 Å². The third-order valence-corrected chi connectivity index (χ3v) is 1.45. The molecule has 0 saturated carbocycles. The van der Waals surface area contributed by atoms with Gasteiger partial charge in [0.2, 0.25) is 0 Å². The largest absolute Gasteiger partial charge is 0.421 e. The normalized spacial score (nSPS) is 9.33. The van der Waals surface area contributed by atoms with E-state index in [-0.39, 0.29) is 5.60 Å². The van der Waals surface area contributed by atoms with E-state index in [9.17, 15) is 0 Å². The van der Waals surface area contributed by atoms with Crippen molar-refractivity contribution in [2.24, 2.45) is 0 Å². The Bertz CT molecular complexity index is 124. The molecule has 0 spiro atoms. The van der Waals surface area contributed by atoms with Crippen molar-refractivity contribution in [1.29, 1.82) is 5.26 Å². The second-order valence-corrected chi connectivity index (χ2v) is 3.06. The van der Waals surface area contributed by atoms with E-state index in [2.05, 4.69) is 6.92 Å². The molecule has 2 heteroatoms. The van der Waals surface area contributed by atoms with Crippen LogP contribution in [0.1, 0.15) is 53.9 Å². The van der Waals surface area contributed by atoms with E-state index in [1.807, 2.05) is 27.7 Å². The minimum atomic E-state index is -0.259. The second-order valence-electron chi connectivity index (χ2n) is 3.06. The maximum atomic E-state index is 8.23. The molecule has 0 aromatic rings. The highest BCUT2D eigenvalue weighted by Gasteiger charge is 2.17. The van der Waals surface area contributed by atoms with Gasteiger partial charge in [0.15, 0.2) is 0 Å². The molecule has 0 N–H and O–H groups in total. The van der Waals surface area contributed by atoms with Gasteiger partial charge in [0, 0.05) is 0 Å². The molecule has 0 aliphatic rings. The summed E-state index contributed by atoms with van der Waals surface area (Å²) in [5.41, 5.74) is -0.259. The Balaban J connectivity index is 0. The van der Waals surface area contributed by atoms with Crippen LogP contribution < -0.4 is 0 Å². The van der Waals surface area contributed by atoms with E-state index in [0.29, 0.717) is 0 Å². The third kappa shape index (κ3) is 9.29. The van der Waals surface area contributed by atoms with Gasteiger partial charge >= 0.3 is 0 Å². The molecule has 0 unspecified atom stereocenters. The first-order chi connectivity index (χ1) is 5.62. The van der Waals surface area contributed by atoms with Crippen LogP contribution in [0.5, 0.6) is 0 Å². The van der Waals surface area contributed by atoms with Gasteiger partial charge in [0.05, 0.1) is 0 Å². The highest BCUT2D eigenvalue weighted by atomic mass is 16.5. The molecule has 0 bridgehead atoms. The fourth-order valence-corrected chi connectivity index (χ4v) is 0.777. The lowest BCUT2D eigenvalue weighted by atomic mass is 10.0. The van der Waals surface area contributed by atoms with Gasteiger partial charge in [-0.1, -0.05) is 27.2 Å². The number of unbranched alkanes of at least 4 members (excludes halogenated alkanes) is 1. The van der Waals surface area contributed by atoms with Gasteiger partial charge in [0.25, 0.3) is 6.26 Å². The molecule has 0 fully saturated rings. The van der Waals surface area contributed by atoms with Crippen LogP contribution in [0.15, 0.2) is 0 Å². The number of ether oxygens (including phenoxy) is 1. The number of nitrogens with zero attached hydrogens (tertiary/aromatic N) is 1. The fraction of sp³-hybridized carbons (Fsp3) is 0.900. The highest BCUT2D eigenvalue weighted by molar-refractivity contribution is 4.72. The van der Waals surface area contributed by atoms with Crippen molar-refractivity contribution in [3.05, 3.63) is 0 Å². The van der Waals surface area contributed by atoms with Crippen LogP contribution in [0.3, 0.4) is 0 Å². The van der Waals surface area contributed by atoms with Crippen molar-refractivity contribution in [2.75, 3.05) is 0 Å². The molecule has 0 aromatic carbocycles. The van der Waals surface area contributed by atoms with Crippen molar-refractivity contribution in [2.45, 2.75) is 59.5 Å². The smallest absolute Gasteiger partial charge is 0.286 e. The Morgan fingerprint density at radius 1 is 1.33 bits per heavy atom. The second kappa shape index (κ2) is 8.39. The fourth-order valence-electron chi connectivity index (χ4n) is 0.777. The minimum absolute atomic E-state index is 0.259. The quantitative estimate of drug-likeness (QED) is 0.607. The van der Waals surface area contributed by atoms with Gasteiger partial charge in [-0.25, -0.2) is 0 Å². The molecule has 0 radical (unpaired) electrons. The first-order valence-electron chi connectivity index (χ1n) is 4.69. The third-order valence-electron chi connectivity index (χ3n) is 1.45. The first kappa shape index (κ1) is 13.9. The summed E-state index contributed by atoms with van der Waals surface area (Å²) in [6, 6.07) is 0. The van der Waals surface area contributed by atoms with Crippen LogP contribution in [0.4, 0.5) is 0 Å². The predicted molar refractivity (Wildman–Crippen MR) is 51.7 cm³/mol. The van der Waals surface area contributed by atoms with Gasteiger partial charge < -0.3 is 4.74 Å². The Morgan fingerprint density at radius 3 is 2.17 bits per heavy atom. The van der Waals surface area contributed by atoms with Crippen molar-refractivity contribution in [3.63, 3.8) is 0 Å². The molecule has 0 heterocycles. The van der Waals surface area contributed by atoms with Gasteiger partial charge in [-0.3, -0.25) is 0 Å². The summed E-state index contributed by atoms with van der Waals surface area (Å²) in [4.78, 5) is 0. The van der Waals surface area contributed by atoms with E-state index in [1.165, 1.54) is 0 Å². The Kier molecular flexibility index (Phi) is 9.68. The zero-order chi connectivity index (χ0) is 10.0. The molecule has 0 atom stereocenters.